The zero-order valence-electron chi connectivity index (χ0n) is 5.95. The van der Waals surface area contributed by atoms with E-state index >= 15 is 0 Å². The van der Waals surface area contributed by atoms with Crippen molar-refractivity contribution in [1.82, 2.24) is 9.78 Å². The molecule has 0 aliphatic rings. The summed E-state index contributed by atoms with van der Waals surface area (Å²) in [5, 5.41) is 4.03. The number of thioether (sulfide) groups is 1. The first-order valence-electron chi connectivity index (χ1n) is 3.10. The van der Waals surface area contributed by atoms with E-state index in [0.717, 1.165) is 18.0 Å². The van der Waals surface area contributed by atoms with E-state index in [4.69, 9.17) is 5.73 Å². The van der Waals surface area contributed by atoms with Crippen LogP contribution in [0.3, 0.4) is 0 Å². The highest BCUT2D eigenvalue weighted by atomic mass is 32.2. The van der Waals surface area contributed by atoms with Crippen molar-refractivity contribution in [3.8, 4) is 0 Å². The van der Waals surface area contributed by atoms with Gasteiger partial charge in [-0.25, -0.2) is 0 Å². The molecule has 2 N–H and O–H groups in total. The molecule has 56 valence electrons. The van der Waals surface area contributed by atoms with E-state index in [0.29, 0.717) is 0 Å². The molecule has 0 aliphatic heterocycles. The van der Waals surface area contributed by atoms with Crippen LogP contribution in [0.1, 0.15) is 0 Å². The summed E-state index contributed by atoms with van der Waals surface area (Å²) in [6, 6.07) is 0. The molecular formula is C6H11N3S. The van der Waals surface area contributed by atoms with Gasteiger partial charge < -0.3 is 5.73 Å². The van der Waals surface area contributed by atoms with E-state index in [9.17, 15) is 0 Å². The molecule has 0 spiro atoms. The summed E-state index contributed by atoms with van der Waals surface area (Å²) in [7, 11) is 0. The summed E-state index contributed by atoms with van der Waals surface area (Å²) in [6.45, 7) is 0.943. The summed E-state index contributed by atoms with van der Waals surface area (Å²) < 4.78 is 1.85. The maximum atomic E-state index is 5.46. The maximum Gasteiger partial charge on any atom is 0.0719 e. The van der Waals surface area contributed by atoms with Crippen molar-refractivity contribution >= 4 is 17.4 Å². The molecule has 0 bridgehead atoms. The number of nitrogen functional groups attached to an aromatic ring is 1. The second kappa shape index (κ2) is 3.51. The van der Waals surface area contributed by atoms with Gasteiger partial charge in [0.15, 0.2) is 0 Å². The number of hydrogen-bond donors (Lipinski definition) is 1. The zero-order valence-corrected chi connectivity index (χ0v) is 6.77. The molecule has 0 atom stereocenters. The quantitative estimate of drug-likeness (QED) is 0.706. The molecule has 1 aromatic heterocycles. The molecule has 0 amide bonds. The van der Waals surface area contributed by atoms with Gasteiger partial charge in [-0.3, -0.25) is 4.68 Å². The number of nitrogens with two attached hydrogens (primary N) is 1. The summed E-state index contributed by atoms with van der Waals surface area (Å²) >= 11 is 1.80. The van der Waals surface area contributed by atoms with Crippen LogP contribution in [-0.4, -0.2) is 21.8 Å². The van der Waals surface area contributed by atoms with Crippen molar-refractivity contribution in [3.05, 3.63) is 12.4 Å². The highest BCUT2D eigenvalue weighted by molar-refractivity contribution is 7.98. The van der Waals surface area contributed by atoms with E-state index in [1.54, 1.807) is 18.0 Å². The van der Waals surface area contributed by atoms with Crippen LogP contribution in [0.15, 0.2) is 12.4 Å². The third-order valence-corrected chi connectivity index (χ3v) is 1.77. The van der Waals surface area contributed by atoms with Crippen molar-refractivity contribution in [2.24, 2.45) is 0 Å². The van der Waals surface area contributed by atoms with Gasteiger partial charge in [-0.05, 0) is 6.26 Å². The highest BCUT2D eigenvalue weighted by Gasteiger charge is 1.91. The molecule has 0 fully saturated rings. The van der Waals surface area contributed by atoms with Gasteiger partial charge >= 0.3 is 0 Å². The van der Waals surface area contributed by atoms with E-state index in [1.807, 2.05) is 10.9 Å². The Labute approximate surface area is 64.6 Å². The van der Waals surface area contributed by atoms with Crippen LogP contribution in [-0.2, 0) is 6.54 Å². The Morgan fingerprint density at radius 2 is 2.60 bits per heavy atom. The Morgan fingerprint density at radius 1 is 1.80 bits per heavy atom. The van der Waals surface area contributed by atoms with Gasteiger partial charge in [0.05, 0.1) is 18.4 Å². The topological polar surface area (TPSA) is 43.8 Å². The van der Waals surface area contributed by atoms with Gasteiger partial charge in [0.2, 0.25) is 0 Å². The van der Waals surface area contributed by atoms with Crippen molar-refractivity contribution in [2.75, 3.05) is 17.7 Å². The molecular weight excluding hydrogens is 146 g/mol. The van der Waals surface area contributed by atoms with E-state index < -0.39 is 0 Å². The number of anilines is 1. The Hall–Kier alpha value is -0.640. The van der Waals surface area contributed by atoms with E-state index in [1.165, 1.54) is 0 Å². The molecule has 0 saturated heterocycles. The normalized spacial score (nSPS) is 10.1. The second-order valence-corrected chi connectivity index (χ2v) is 3.02. The largest absolute Gasteiger partial charge is 0.396 e. The molecule has 0 radical (unpaired) electrons. The van der Waals surface area contributed by atoms with Crippen LogP contribution < -0.4 is 5.73 Å². The lowest BCUT2D eigenvalue weighted by Crippen LogP contribution is -1.99. The van der Waals surface area contributed by atoms with Gasteiger partial charge in [0.25, 0.3) is 0 Å². The number of nitrogens with zero attached hydrogens (tertiary/aromatic N) is 2. The third-order valence-electron chi connectivity index (χ3n) is 1.18. The van der Waals surface area contributed by atoms with Gasteiger partial charge in [0.1, 0.15) is 0 Å². The van der Waals surface area contributed by atoms with Gasteiger partial charge in [-0.2, -0.15) is 16.9 Å². The van der Waals surface area contributed by atoms with Crippen molar-refractivity contribution in [2.45, 2.75) is 6.54 Å². The van der Waals surface area contributed by atoms with Gasteiger partial charge in [0, 0.05) is 11.9 Å². The minimum atomic E-state index is 0.737. The molecule has 1 heterocycles. The first-order valence-corrected chi connectivity index (χ1v) is 4.49. The Morgan fingerprint density at radius 3 is 3.10 bits per heavy atom. The van der Waals surface area contributed by atoms with Gasteiger partial charge in [-0.15, -0.1) is 0 Å². The first kappa shape index (κ1) is 7.47. The van der Waals surface area contributed by atoms with Crippen LogP contribution >= 0.6 is 11.8 Å². The number of rotatable bonds is 3. The molecule has 0 unspecified atom stereocenters. The fraction of sp³-hybridized carbons (Fsp3) is 0.500. The molecule has 0 saturated carbocycles. The van der Waals surface area contributed by atoms with Crippen LogP contribution in [0, 0.1) is 0 Å². The summed E-state index contributed by atoms with van der Waals surface area (Å²) in [5.41, 5.74) is 6.20. The minimum Gasteiger partial charge on any atom is -0.396 e. The fourth-order valence-electron chi connectivity index (χ4n) is 0.687. The van der Waals surface area contributed by atoms with Crippen LogP contribution in [0.25, 0.3) is 0 Å². The predicted molar refractivity (Wildman–Crippen MR) is 45.0 cm³/mol. The molecule has 3 nitrogen and oxygen atoms in total. The Kier molecular flexibility index (Phi) is 2.62. The van der Waals surface area contributed by atoms with Crippen LogP contribution in [0.4, 0.5) is 5.69 Å². The molecule has 10 heavy (non-hydrogen) atoms. The Bertz CT molecular complexity index is 197. The first-order chi connectivity index (χ1) is 4.83. The third kappa shape index (κ3) is 1.95. The standard InChI is InChI=1S/C6H11N3S/c1-10-3-2-9-5-6(7)4-8-9/h4-5H,2-3,7H2,1H3. The number of aromatic nitrogens is 2. The lowest BCUT2D eigenvalue weighted by atomic mass is 10.6. The average molecular weight is 157 g/mol. The lowest BCUT2D eigenvalue weighted by molar-refractivity contribution is 0.667. The number of aryl methyl sites for hydroxylation is 1. The van der Waals surface area contributed by atoms with Gasteiger partial charge in [-0.1, -0.05) is 0 Å². The molecule has 1 aromatic rings. The number of hydrogen-bond acceptors (Lipinski definition) is 3. The fourth-order valence-corrected chi connectivity index (χ4v) is 1.06. The summed E-state index contributed by atoms with van der Waals surface area (Å²) in [4.78, 5) is 0. The van der Waals surface area contributed by atoms with E-state index in [-0.39, 0.29) is 0 Å². The van der Waals surface area contributed by atoms with E-state index in [2.05, 4.69) is 11.4 Å². The van der Waals surface area contributed by atoms with Crippen LogP contribution in [0.2, 0.25) is 0 Å². The van der Waals surface area contributed by atoms with Crippen molar-refractivity contribution < 1.29 is 0 Å². The predicted octanol–water partition coefficient (Wildman–Crippen LogP) is 0.828. The maximum absolute atomic E-state index is 5.46. The van der Waals surface area contributed by atoms with Crippen molar-refractivity contribution in [3.63, 3.8) is 0 Å². The van der Waals surface area contributed by atoms with Crippen molar-refractivity contribution in [1.29, 1.82) is 0 Å². The molecule has 0 aliphatic carbocycles. The molecule has 1 rings (SSSR count). The second-order valence-electron chi connectivity index (χ2n) is 2.03. The lowest BCUT2D eigenvalue weighted by Gasteiger charge is -1.96. The smallest absolute Gasteiger partial charge is 0.0719 e. The zero-order chi connectivity index (χ0) is 7.40. The molecule has 4 heteroatoms. The minimum absolute atomic E-state index is 0.737. The average Bonchev–Trinajstić information content (AvgIpc) is 2.31. The SMILES string of the molecule is CSCCn1cc(N)cn1. The summed E-state index contributed by atoms with van der Waals surface area (Å²) in [5.74, 6) is 1.08. The summed E-state index contributed by atoms with van der Waals surface area (Å²) in [6.07, 6.45) is 5.59. The Balaban J connectivity index is 2.42. The monoisotopic (exact) mass is 157 g/mol. The molecule has 0 aromatic carbocycles. The highest BCUT2D eigenvalue weighted by Crippen LogP contribution is 1.99. The van der Waals surface area contributed by atoms with Crippen LogP contribution in [0.5, 0.6) is 0 Å².